The molecule has 0 radical (unpaired) electrons. The molecule has 0 aliphatic heterocycles. The van der Waals surface area contributed by atoms with Crippen LogP contribution in [0.2, 0.25) is 0 Å². The summed E-state index contributed by atoms with van der Waals surface area (Å²) in [6.07, 6.45) is 7.80. The fourth-order valence-corrected chi connectivity index (χ4v) is 2.35. The number of hydrogen-bond acceptors (Lipinski definition) is 2. The standard InChI is InChI=1S/C10H17N3/c1-11-9-5-3-4-8(9)10-12-6-7-13(10)2/h6-9,11H,3-5H2,1-2H3. The molecular formula is C10H17N3. The Morgan fingerprint density at radius 2 is 2.38 bits per heavy atom. The Bertz CT molecular complexity index is 279. The van der Waals surface area contributed by atoms with E-state index in [1.807, 2.05) is 19.4 Å². The van der Waals surface area contributed by atoms with Crippen LogP contribution in [-0.4, -0.2) is 22.6 Å². The molecule has 1 N–H and O–H groups in total. The van der Waals surface area contributed by atoms with Crippen LogP contribution >= 0.6 is 0 Å². The van der Waals surface area contributed by atoms with Gasteiger partial charge in [-0.3, -0.25) is 0 Å². The van der Waals surface area contributed by atoms with Crippen molar-refractivity contribution < 1.29 is 0 Å². The van der Waals surface area contributed by atoms with Crippen LogP contribution in [0.3, 0.4) is 0 Å². The molecule has 0 bridgehead atoms. The number of rotatable bonds is 2. The van der Waals surface area contributed by atoms with Gasteiger partial charge in [0.05, 0.1) is 0 Å². The molecule has 3 nitrogen and oxygen atoms in total. The predicted molar refractivity (Wildman–Crippen MR) is 52.6 cm³/mol. The van der Waals surface area contributed by atoms with Crippen molar-refractivity contribution in [1.82, 2.24) is 14.9 Å². The second kappa shape index (κ2) is 3.50. The normalized spacial score (nSPS) is 28.2. The van der Waals surface area contributed by atoms with Crippen LogP contribution in [-0.2, 0) is 7.05 Å². The first kappa shape index (κ1) is 8.75. The highest BCUT2D eigenvalue weighted by Crippen LogP contribution is 2.32. The van der Waals surface area contributed by atoms with Gasteiger partial charge in [0, 0.05) is 31.4 Å². The second-order valence-corrected chi connectivity index (χ2v) is 3.83. The van der Waals surface area contributed by atoms with E-state index in [1.54, 1.807) is 0 Å². The van der Waals surface area contributed by atoms with E-state index >= 15 is 0 Å². The van der Waals surface area contributed by atoms with Crippen molar-refractivity contribution in [2.45, 2.75) is 31.2 Å². The van der Waals surface area contributed by atoms with Gasteiger partial charge in [0.15, 0.2) is 0 Å². The maximum Gasteiger partial charge on any atom is 0.113 e. The minimum absolute atomic E-state index is 0.616. The SMILES string of the molecule is CNC1CCCC1c1nccn1C. The van der Waals surface area contributed by atoms with Gasteiger partial charge in [-0.05, 0) is 19.9 Å². The molecule has 1 aliphatic carbocycles. The smallest absolute Gasteiger partial charge is 0.113 e. The van der Waals surface area contributed by atoms with Crippen LogP contribution < -0.4 is 5.32 Å². The number of nitrogens with one attached hydrogen (secondary N) is 1. The highest BCUT2D eigenvalue weighted by molar-refractivity contribution is 5.06. The fraction of sp³-hybridized carbons (Fsp3) is 0.700. The molecule has 2 rings (SSSR count). The van der Waals surface area contributed by atoms with E-state index in [9.17, 15) is 0 Å². The van der Waals surface area contributed by atoms with Crippen molar-refractivity contribution in [3.63, 3.8) is 0 Å². The lowest BCUT2D eigenvalue weighted by Crippen LogP contribution is -2.28. The molecule has 3 heteroatoms. The number of aromatic nitrogens is 2. The van der Waals surface area contributed by atoms with Crippen LogP contribution in [0.4, 0.5) is 0 Å². The lowest BCUT2D eigenvalue weighted by molar-refractivity contribution is 0.493. The molecule has 0 aromatic carbocycles. The second-order valence-electron chi connectivity index (χ2n) is 3.83. The summed E-state index contributed by atoms with van der Waals surface area (Å²) >= 11 is 0. The average Bonchev–Trinajstić information content (AvgIpc) is 2.71. The van der Waals surface area contributed by atoms with Crippen LogP contribution in [0.5, 0.6) is 0 Å². The molecular weight excluding hydrogens is 162 g/mol. The van der Waals surface area contributed by atoms with E-state index < -0.39 is 0 Å². The molecule has 0 saturated heterocycles. The van der Waals surface area contributed by atoms with Gasteiger partial charge in [0.25, 0.3) is 0 Å². The molecule has 2 unspecified atom stereocenters. The summed E-state index contributed by atoms with van der Waals surface area (Å²) < 4.78 is 2.14. The number of nitrogens with zero attached hydrogens (tertiary/aromatic N) is 2. The monoisotopic (exact) mass is 179 g/mol. The van der Waals surface area contributed by atoms with Crippen molar-refractivity contribution in [3.05, 3.63) is 18.2 Å². The van der Waals surface area contributed by atoms with Gasteiger partial charge in [0.2, 0.25) is 0 Å². The van der Waals surface area contributed by atoms with Crippen molar-refractivity contribution in [2.75, 3.05) is 7.05 Å². The van der Waals surface area contributed by atoms with Crippen LogP contribution in [0.1, 0.15) is 31.0 Å². The van der Waals surface area contributed by atoms with Crippen molar-refractivity contribution in [1.29, 1.82) is 0 Å². The topological polar surface area (TPSA) is 29.9 Å². The quantitative estimate of drug-likeness (QED) is 0.741. The third-order valence-electron chi connectivity index (χ3n) is 3.08. The highest BCUT2D eigenvalue weighted by atomic mass is 15.1. The summed E-state index contributed by atoms with van der Waals surface area (Å²) in [5.41, 5.74) is 0. The van der Waals surface area contributed by atoms with Gasteiger partial charge in [0.1, 0.15) is 5.82 Å². The summed E-state index contributed by atoms with van der Waals surface area (Å²) in [7, 11) is 4.12. The van der Waals surface area contributed by atoms with Gasteiger partial charge in [-0.25, -0.2) is 4.98 Å². The molecule has 1 saturated carbocycles. The van der Waals surface area contributed by atoms with Gasteiger partial charge >= 0.3 is 0 Å². The van der Waals surface area contributed by atoms with E-state index in [0.29, 0.717) is 12.0 Å². The molecule has 72 valence electrons. The fourth-order valence-electron chi connectivity index (χ4n) is 2.35. The molecule has 13 heavy (non-hydrogen) atoms. The zero-order valence-electron chi connectivity index (χ0n) is 8.33. The van der Waals surface area contributed by atoms with E-state index in [1.165, 1.54) is 25.1 Å². The molecule has 1 aromatic rings. The Hall–Kier alpha value is -0.830. The van der Waals surface area contributed by atoms with Gasteiger partial charge in [-0.15, -0.1) is 0 Å². The Balaban J connectivity index is 2.20. The van der Waals surface area contributed by atoms with Gasteiger partial charge in [-0.2, -0.15) is 0 Å². The minimum Gasteiger partial charge on any atom is -0.338 e. The summed E-state index contributed by atoms with van der Waals surface area (Å²) in [4.78, 5) is 4.42. The summed E-state index contributed by atoms with van der Waals surface area (Å²) in [5, 5.41) is 3.38. The van der Waals surface area contributed by atoms with Gasteiger partial charge in [-0.1, -0.05) is 6.42 Å². The molecule has 1 aliphatic rings. The van der Waals surface area contributed by atoms with E-state index in [-0.39, 0.29) is 0 Å². The van der Waals surface area contributed by atoms with Crippen molar-refractivity contribution in [2.24, 2.45) is 7.05 Å². The molecule has 1 heterocycles. The Labute approximate surface area is 79.2 Å². The predicted octanol–water partition coefficient (Wildman–Crippen LogP) is 1.28. The Morgan fingerprint density at radius 1 is 1.54 bits per heavy atom. The van der Waals surface area contributed by atoms with E-state index in [0.717, 1.165) is 0 Å². The zero-order chi connectivity index (χ0) is 9.26. The van der Waals surface area contributed by atoms with E-state index in [2.05, 4.69) is 21.9 Å². The largest absolute Gasteiger partial charge is 0.338 e. The number of imidazole rings is 1. The number of likely N-dealkylation sites (N-methyl/N-ethyl adjacent to an activating group) is 1. The third-order valence-corrected chi connectivity index (χ3v) is 3.08. The van der Waals surface area contributed by atoms with Gasteiger partial charge < -0.3 is 9.88 Å². The molecule has 1 aromatic heterocycles. The zero-order valence-corrected chi connectivity index (χ0v) is 8.33. The maximum absolute atomic E-state index is 4.42. The third kappa shape index (κ3) is 1.48. The number of aryl methyl sites for hydroxylation is 1. The highest BCUT2D eigenvalue weighted by Gasteiger charge is 2.29. The number of hydrogen-bond donors (Lipinski definition) is 1. The van der Waals surface area contributed by atoms with Crippen LogP contribution in [0.15, 0.2) is 12.4 Å². The summed E-state index contributed by atoms with van der Waals surface area (Å²) in [6.45, 7) is 0. The average molecular weight is 179 g/mol. The Morgan fingerprint density at radius 3 is 3.00 bits per heavy atom. The van der Waals surface area contributed by atoms with Crippen molar-refractivity contribution >= 4 is 0 Å². The minimum atomic E-state index is 0.616. The summed E-state index contributed by atoms with van der Waals surface area (Å²) in [5.74, 6) is 1.85. The molecule has 2 atom stereocenters. The molecule has 1 fully saturated rings. The van der Waals surface area contributed by atoms with Crippen molar-refractivity contribution in [3.8, 4) is 0 Å². The van der Waals surface area contributed by atoms with Crippen LogP contribution in [0, 0.1) is 0 Å². The summed E-state index contributed by atoms with van der Waals surface area (Å²) in [6, 6.07) is 0.626. The Kier molecular flexibility index (Phi) is 2.36. The molecule has 0 amide bonds. The first-order valence-corrected chi connectivity index (χ1v) is 4.97. The first-order chi connectivity index (χ1) is 6.33. The first-order valence-electron chi connectivity index (χ1n) is 4.97. The lowest BCUT2D eigenvalue weighted by atomic mass is 10.0. The maximum atomic E-state index is 4.42. The van der Waals surface area contributed by atoms with E-state index in [4.69, 9.17) is 0 Å². The van der Waals surface area contributed by atoms with Crippen LogP contribution in [0.25, 0.3) is 0 Å². The lowest BCUT2D eigenvalue weighted by Gasteiger charge is -2.18. The molecule has 0 spiro atoms.